The van der Waals surface area contributed by atoms with Crippen LogP contribution < -0.4 is 5.32 Å². The molecule has 0 saturated heterocycles. The minimum Gasteiger partial charge on any atom is -0.460 e. The first-order chi connectivity index (χ1) is 11.0. The lowest BCUT2D eigenvalue weighted by Crippen LogP contribution is -2.18. The van der Waals surface area contributed by atoms with Gasteiger partial charge in [0.05, 0.1) is 22.6 Å². The Morgan fingerprint density at radius 1 is 1.26 bits per heavy atom. The van der Waals surface area contributed by atoms with Crippen LogP contribution in [0.15, 0.2) is 34.7 Å². The van der Waals surface area contributed by atoms with Gasteiger partial charge in [-0.1, -0.05) is 29.3 Å². The van der Waals surface area contributed by atoms with E-state index in [2.05, 4.69) is 20.5 Å². The molecule has 7 heteroatoms. The van der Waals surface area contributed by atoms with Gasteiger partial charge in [-0.05, 0) is 38.1 Å². The van der Waals surface area contributed by atoms with Crippen LogP contribution in [0.2, 0.25) is 10.0 Å². The average molecular weight is 351 g/mol. The van der Waals surface area contributed by atoms with Crippen molar-refractivity contribution in [3.05, 3.63) is 57.8 Å². The van der Waals surface area contributed by atoms with Gasteiger partial charge in [-0.3, -0.25) is 5.10 Å². The minimum absolute atomic E-state index is 0.0169. The second-order valence-corrected chi connectivity index (χ2v) is 6.03. The van der Waals surface area contributed by atoms with Crippen molar-refractivity contribution in [1.82, 2.24) is 20.5 Å². The maximum absolute atomic E-state index is 6.22. The van der Waals surface area contributed by atoms with E-state index in [0.29, 0.717) is 22.4 Å². The number of nitrogens with one attached hydrogen (secondary N) is 2. The molecule has 0 spiro atoms. The molecule has 1 aromatic carbocycles. The molecule has 2 heterocycles. The fourth-order valence-corrected chi connectivity index (χ4v) is 2.60. The summed E-state index contributed by atoms with van der Waals surface area (Å²) in [7, 11) is 0. The number of aromatic nitrogens is 3. The summed E-state index contributed by atoms with van der Waals surface area (Å²) in [6.45, 7) is 4.43. The number of rotatable bonds is 5. The molecule has 0 aliphatic heterocycles. The van der Waals surface area contributed by atoms with Gasteiger partial charge in [0.2, 0.25) is 0 Å². The van der Waals surface area contributed by atoms with Gasteiger partial charge in [-0.25, -0.2) is 4.98 Å². The zero-order valence-corrected chi connectivity index (χ0v) is 14.2. The molecule has 0 bridgehead atoms. The van der Waals surface area contributed by atoms with Crippen molar-refractivity contribution >= 4 is 23.2 Å². The second kappa shape index (κ2) is 6.74. The highest BCUT2D eigenvalue weighted by Crippen LogP contribution is 2.34. The van der Waals surface area contributed by atoms with Gasteiger partial charge in [0, 0.05) is 5.56 Å². The standard InChI is InChI=1S/C16H16Cl2N4O/c1-9(16-20-10(2)21-22-16)19-8-11-6-7-14(23-11)12-4-3-5-13(17)15(12)18/h3-7,9,19H,8H2,1-2H3,(H,20,21,22). The molecule has 0 aliphatic carbocycles. The Balaban J connectivity index is 1.69. The van der Waals surface area contributed by atoms with Crippen LogP contribution in [0, 0.1) is 6.92 Å². The van der Waals surface area contributed by atoms with Crippen molar-refractivity contribution in [3.8, 4) is 11.3 Å². The van der Waals surface area contributed by atoms with Gasteiger partial charge in [-0.2, -0.15) is 5.10 Å². The zero-order chi connectivity index (χ0) is 16.4. The molecule has 0 amide bonds. The van der Waals surface area contributed by atoms with Gasteiger partial charge in [0.1, 0.15) is 17.3 Å². The lowest BCUT2D eigenvalue weighted by molar-refractivity contribution is 0.461. The fourth-order valence-electron chi connectivity index (χ4n) is 2.21. The SMILES string of the molecule is Cc1nc(C(C)NCc2ccc(-c3cccc(Cl)c3Cl)o2)n[nH]1. The second-order valence-electron chi connectivity index (χ2n) is 5.25. The summed E-state index contributed by atoms with van der Waals surface area (Å²) in [5, 5.41) is 11.3. The largest absolute Gasteiger partial charge is 0.460 e. The van der Waals surface area contributed by atoms with E-state index in [0.717, 1.165) is 23.0 Å². The van der Waals surface area contributed by atoms with E-state index in [1.54, 1.807) is 6.07 Å². The van der Waals surface area contributed by atoms with E-state index in [1.807, 2.05) is 38.1 Å². The molecule has 0 saturated carbocycles. The van der Waals surface area contributed by atoms with Crippen molar-refractivity contribution < 1.29 is 4.42 Å². The number of nitrogens with zero attached hydrogens (tertiary/aromatic N) is 2. The molecule has 5 nitrogen and oxygen atoms in total. The van der Waals surface area contributed by atoms with Crippen LogP contribution in [0.1, 0.15) is 30.4 Å². The molecule has 0 aliphatic rings. The molecule has 1 unspecified atom stereocenters. The van der Waals surface area contributed by atoms with Crippen LogP contribution in [-0.2, 0) is 6.54 Å². The Morgan fingerprint density at radius 2 is 2.09 bits per heavy atom. The van der Waals surface area contributed by atoms with Crippen LogP contribution in [0.5, 0.6) is 0 Å². The first kappa shape index (κ1) is 16.1. The summed E-state index contributed by atoms with van der Waals surface area (Å²) in [6.07, 6.45) is 0. The highest BCUT2D eigenvalue weighted by atomic mass is 35.5. The van der Waals surface area contributed by atoms with E-state index < -0.39 is 0 Å². The fraction of sp³-hybridized carbons (Fsp3) is 0.250. The summed E-state index contributed by atoms with van der Waals surface area (Å²) in [5.41, 5.74) is 0.781. The lowest BCUT2D eigenvalue weighted by atomic mass is 10.2. The molecule has 120 valence electrons. The monoisotopic (exact) mass is 350 g/mol. The number of H-pyrrole nitrogens is 1. The summed E-state index contributed by atoms with van der Waals surface area (Å²) in [4.78, 5) is 4.31. The van der Waals surface area contributed by atoms with Crippen molar-refractivity contribution in [1.29, 1.82) is 0 Å². The first-order valence-corrected chi connectivity index (χ1v) is 7.95. The average Bonchev–Trinajstić information content (AvgIpc) is 3.17. The predicted octanol–water partition coefficient (Wildman–Crippen LogP) is 4.53. The zero-order valence-electron chi connectivity index (χ0n) is 12.7. The van der Waals surface area contributed by atoms with E-state index in [4.69, 9.17) is 27.6 Å². The molecule has 3 rings (SSSR count). The van der Waals surface area contributed by atoms with Gasteiger partial charge < -0.3 is 9.73 Å². The number of aromatic amines is 1. The summed E-state index contributed by atoms with van der Waals surface area (Å²) < 4.78 is 5.84. The molecule has 2 N–H and O–H groups in total. The molecular formula is C16H16Cl2N4O. The lowest BCUT2D eigenvalue weighted by Gasteiger charge is -2.08. The molecule has 2 aromatic heterocycles. The van der Waals surface area contributed by atoms with E-state index in [-0.39, 0.29) is 6.04 Å². The molecule has 23 heavy (non-hydrogen) atoms. The number of benzene rings is 1. The Bertz CT molecular complexity index is 812. The quantitative estimate of drug-likeness (QED) is 0.709. The number of aryl methyl sites for hydroxylation is 1. The third-order valence-electron chi connectivity index (χ3n) is 3.46. The number of hydrogen-bond acceptors (Lipinski definition) is 4. The number of furan rings is 1. The number of halogens is 2. The Hall–Kier alpha value is -1.82. The van der Waals surface area contributed by atoms with Crippen molar-refractivity contribution in [3.63, 3.8) is 0 Å². The molecule has 0 radical (unpaired) electrons. The molecule has 0 fully saturated rings. The third-order valence-corrected chi connectivity index (χ3v) is 4.28. The van der Waals surface area contributed by atoms with Crippen LogP contribution >= 0.6 is 23.2 Å². The highest BCUT2D eigenvalue weighted by Gasteiger charge is 2.13. The molecule has 1 atom stereocenters. The molecule has 3 aromatic rings. The van der Waals surface area contributed by atoms with Gasteiger partial charge in [0.15, 0.2) is 5.82 Å². The summed E-state index contributed by atoms with van der Waals surface area (Å²) in [5.74, 6) is 3.02. The topological polar surface area (TPSA) is 66.7 Å². The normalized spacial score (nSPS) is 12.5. The van der Waals surface area contributed by atoms with Crippen LogP contribution in [0.4, 0.5) is 0 Å². The number of hydrogen-bond donors (Lipinski definition) is 2. The summed E-state index contributed by atoms with van der Waals surface area (Å²) >= 11 is 12.3. The molecular weight excluding hydrogens is 335 g/mol. The highest BCUT2D eigenvalue weighted by molar-refractivity contribution is 6.43. The van der Waals surface area contributed by atoms with Crippen molar-refractivity contribution in [2.75, 3.05) is 0 Å². The smallest absolute Gasteiger partial charge is 0.167 e. The predicted molar refractivity (Wildman–Crippen MR) is 90.5 cm³/mol. The van der Waals surface area contributed by atoms with Crippen molar-refractivity contribution in [2.45, 2.75) is 26.4 Å². The van der Waals surface area contributed by atoms with E-state index in [9.17, 15) is 0 Å². The minimum atomic E-state index is 0.0169. The Morgan fingerprint density at radius 3 is 2.83 bits per heavy atom. The van der Waals surface area contributed by atoms with E-state index in [1.165, 1.54) is 0 Å². The first-order valence-electron chi connectivity index (χ1n) is 7.20. The maximum atomic E-state index is 6.22. The van der Waals surface area contributed by atoms with Crippen molar-refractivity contribution in [2.24, 2.45) is 0 Å². The summed E-state index contributed by atoms with van der Waals surface area (Å²) in [6, 6.07) is 9.29. The van der Waals surface area contributed by atoms with Crippen LogP contribution in [0.3, 0.4) is 0 Å². The van der Waals surface area contributed by atoms with Gasteiger partial charge in [-0.15, -0.1) is 0 Å². The van der Waals surface area contributed by atoms with Crippen LogP contribution in [-0.4, -0.2) is 15.2 Å². The maximum Gasteiger partial charge on any atom is 0.167 e. The van der Waals surface area contributed by atoms with Crippen LogP contribution in [0.25, 0.3) is 11.3 Å². The van der Waals surface area contributed by atoms with Gasteiger partial charge >= 0.3 is 0 Å². The Labute approximate surface area is 144 Å². The van der Waals surface area contributed by atoms with E-state index >= 15 is 0 Å². The Kier molecular flexibility index (Phi) is 4.71. The third kappa shape index (κ3) is 3.58. The van der Waals surface area contributed by atoms with Gasteiger partial charge in [0.25, 0.3) is 0 Å².